The van der Waals surface area contributed by atoms with Crippen LogP contribution >= 0.6 is 15.9 Å². The number of amides is 2. The number of hydrogen-bond acceptors (Lipinski definition) is 6. The molecule has 1 aliphatic carbocycles. The van der Waals surface area contributed by atoms with Gasteiger partial charge in [-0.2, -0.15) is 0 Å². The molecule has 0 aromatic heterocycles. The predicted octanol–water partition coefficient (Wildman–Crippen LogP) is 3.65. The van der Waals surface area contributed by atoms with Crippen LogP contribution < -0.4 is 10.2 Å². The zero-order chi connectivity index (χ0) is 22.7. The Kier molecular flexibility index (Phi) is 6.81. The summed E-state index contributed by atoms with van der Waals surface area (Å²) in [7, 11) is 0. The minimum Gasteiger partial charge on any atom is -0.454 e. The summed E-state index contributed by atoms with van der Waals surface area (Å²) in [5, 5.41) is 3.31. The lowest BCUT2D eigenvalue weighted by Crippen LogP contribution is -2.42. The maximum atomic E-state index is 12.8. The van der Waals surface area contributed by atoms with Crippen molar-refractivity contribution < 1.29 is 23.9 Å². The van der Waals surface area contributed by atoms with Crippen LogP contribution in [0.25, 0.3) is 0 Å². The monoisotopic (exact) mass is 498 g/mol. The molecule has 2 amide bonds. The highest BCUT2D eigenvalue weighted by molar-refractivity contribution is 9.10. The number of carbonyl (C=O) groups excluding carboxylic acids is 4. The Morgan fingerprint density at radius 3 is 2.25 bits per heavy atom. The Bertz CT molecular complexity index is 1030. The maximum absolute atomic E-state index is 12.8. The number of nitrogens with one attached hydrogen (secondary N) is 1. The average Bonchev–Trinajstić information content (AvgIpc) is 3.40. The third-order valence-corrected chi connectivity index (χ3v) is 6.33. The number of halogens is 1. The normalized spacial score (nSPS) is 18.9. The fraction of sp³-hybridized carbons (Fsp3) is 0.333. The number of hydrogen-bond donors (Lipinski definition) is 1. The molecule has 1 N–H and O–H groups in total. The fourth-order valence-electron chi connectivity index (χ4n) is 4.09. The molecular weight excluding hydrogens is 476 g/mol. The molecule has 32 heavy (non-hydrogen) atoms. The Morgan fingerprint density at radius 2 is 1.59 bits per heavy atom. The summed E-state index contributed by atoms with van der Waals surface area (Å²) in [5.74, 6) is -1.49. The van der Waals surface area contributed by atoms with Crippen LogP contribution in [0, 0.1) is 0 Å². The lowest BCUT2D eigenvalue weighted by Gasteiger charge is -2.18. The molecule has 4 rings (SSSR count). The van der Waals surface area contributed by atoms with Gasteiger partial charge in [-0.25, -0.2) is 9.69 Å². The SMILES string of the molecule is O=C(COC(=O)c1ccc(N2C(=O)CC(NC3CCCC3)C2=O)cc1)c1ccc(Br)cc1. The van der Waals surface area contributed by atoms with E-state index in [4.69, 9.17) is 4.74 Å². The van der Waals surface area contributed by atoms with Gasteiger partial charge in [-0.3, -0.25) is 14.4 Å². The number of ketones is 1. The van der Waals surface area contributed by atoms with Gasteiger partial charge in [0.25, 0.3) is 5.91 Å². The first-order valence-electron chi connectivity index (χ1n) is 10.6. The van der Waals surface area contributed by atoms with Gasteiger partial charge in [0.05, 0.1) is 23.7 Å². The van der Waals surface area contributed by atoms with Gasteiger partial charge in [-0.1, -0.05) is 40.9 Å². The summed E-state index contributed by atoms with van der Waals surface area (Å²) in [6.07, 6.45) is 4.47. The molecule has 2 fully saturated rings. The van der Waals surface area contributed by atoms with Crippen LogP contribution in [-0.4, -0.2) is 42.3 Å². The average molecular weight is 499 g/mol. The number of carbonyl (C=O) groups is 4. The van der Waals surface area contributed by atoms with Gasteiger partial charge in [0.1, 0.15) is 0 Å². The number of rotatable bonds is 7. The van der Waals surface area contributed by atoms with Crippen molar-refractivity contribution in [1.29, 1.82) is 0 Å². The summed E-state index contributed by atoms with van der Waals surface area (Å²) < 4.78 is 5.96. The van der Waals surface area contributed by atoms with Crippen molar-refractivity contribution in [3.8, 4) is 0 Å². The third-order valence-electron chi connectivity index (χ3n) is 5.80. The second kappa shape index (κ2) is 9.75. The Morgan fingerprint density at radius 1 is 0.969 bits per heavy atom. The van der Waals surface area contributed by atoms with Gasteiger partial charge in [0.2, 0.25) is 5.91 Å². The van der Waals surface area contributed by atoms with Crippen LogP contribution in [0.3, 0.4) is 0 Å². The number of nitrogens with zero attached hydrogens (tertiary/aromatic N) is 1. The van der Waals surface area contributed by atoms with Crippen LogP contribution in [0.5, 0.6) is 0 Å². The second-order valence-electron chi connectivity index (χ2n) is 8.03. The van der Waals surface area contributed by atoms with Crippen LogP contribution in [0.15, 0.2) is 53.0 Å². The summed E-state index contributed by atoms with van der Waals surface area (Å²) in [4.78, 5) is 50.9. The van der Waals surface area contributed by atoms with Crippen LogP contribution in [0.4, 0.5) is 5.69 Å². The number of benzene rings is 2. The number of ether oxygens (including phenoxy) is 1. The van der Waals surface area contributed by atoms with Crippen molar-refractivity contribution in [2.75, 3.05) is 11.5 Å². The first-order chi connectivity index (χ1) is 15.4. The molecular formula is C24H23BrN2O5. The molecule has 1 saturated heterocycles. The van der Waals surface area contributed by atoms with E-state index in [9.17, 15) is 19.2 Å². The van der Waals surface area contributed by atoms with Crippen LogP contribution in [0.2, 0.25) is 0 Å². The van der Waals surface area contributed by atoms with E-state index in [1.54, 1.807) is 36.4 Å². The van der Waals surface area contributed by atoms with E-state index in [-0.39, 0.29) is 42.2 Å². The molecule has 2 aromatic rings. The minimum absolute atomic E-state index is 0.136. The summed E-state index contributed by atoms with van der Waals surface area (Å²) >= 11 is 3.30. The molecule has 0 spiro atoms. The van der Waals surface area contributed by atoms with Crippen molar-refractivity contribution in [3.63, 3.8) is 0 Å². The minimum atomic E-state index is -0.651. The summed E-state index contributed by atoms with van der Waals surface area (Å²) in [5.41, 5.74) is 1.10. The molecule has 0 bridgehead atoms. The molecule has 2 aromatic carbocycles. The lowest BCUT2D eigenvalue weighted by molar-refractivity contribution is -0.121. The second-order valence-corrected chi connectivity index (χ2v) is 8.94. The topological polar surface area (TPSA) is 92.8 Å². The standard InChI is InChI=1S/C24H23BrN2O5/c25-17-9-5-15(6-10-17)21(28)14-32-24(31)16-7-11-19(12-8-16)27-22(29)13-20(23(27)30)26-18-3-1-2-4-18/h5-12,18,20,26H,1-4,13-14H2. The first-order valence-corrected chi connectivity index (χ1v) is 11.4. The molecule has 8 heteroatoms. The van der Waals surface area contributed by atoms with E-state index < -0.39 is 12.0 Å². The van der Waals surface area contributed by atoms with Gasteiger partial charge in [-0.05, 0) is 49.2 Å². The molecule has 166 valence electrons. The van der Waals surface area contributed by atoms with E-state index in [1.165, 1.54) is 17.0 Å². The lowest BCUT2D eigenvalue weighted by atomic mass is 10.1. The van der Waals surface area contributed by atoms with Crippen LogP contribution in [0.1, 0.15) is 52.8 Å². The molecule has 1 aliphatic heterocycles. The van der Waals surface area contributed by atoms with Crippen molar-refractivity contribution >= 4 is 45.2 Å². The number of esters is 1. The maximum Gasteiger partial charge on any atom is 0.338 e. The quantitative estimate of drug-likeness (QED) is 0.355. The van der Waals surface area contributed by atoms with Gasteiger partial charge in [0, 0.05) is 16.1 Å². The molecule has 1 heterocycles. The molecule has 0 radical (unpaired) electrons. The van der Waals surface area contributed by atoms with Crippen molar-refractivity contribution in [3.05, 3.63) is 64.1 Å². The van der Waals surface area contributed by atoms with Crippen molar-refractivity contribution in [1.82, 2.24) is 5.32 Å². The Labute approximate surface area is 194 Å². The Hall–Kier alpha value is -2.84. The first kappa shape index (κ1) is 22.4. The Balaban J connectivity index is 1.35. The molecule has 1 atom stereocenters. The van der Waals surface area contributed by atoms with Crippen LogP contribution in [-0.2, 0) is 14.3 Å². The van der Waals surface area contributed by atoms with Gasteiger partial charge in [-0.15, -0.1) is 0 Å². The van der Waals surface area contributed by atoms with E-state index in [2.05, 4.69) is 21.2 Å². The van der Waals surface area contributed by atoms with E-state index in [0.717, 1.165) is 30.2 Å². The molecule has 7 nitrogen and oxygen atoms in total. The summed E-state index contributed by atoms with van der Waals surface area (Å²) in [6.45, 7) is -0.375. The zero-order valence-electron chi connectivity index (χ0n) is 17.4. The predicted molar refractivity (Wildman–Crippen MR) is 121 cm³/mol. The molecule has 1 saturated carbocycles. The number of anilines is 1. The summed E-state index contributed by atoms with van der Waals surface area (Å²) in [6, 6.07) is 12.6. The van der Waals surface area contributed by atoms with Crippen molar-refractivity contribution in [2.24, 2.45) is 0 Å². The van der Waals surface area contributed by atoms with Gasteiger partial charge < -0.3 is 10.1 Å². The highest BCUT2D eigenvalue weighted by Gasteiger charge is 2.40. The number of Topliss-reactive ketones (excluding diaryl/α,β-unsaturated/α-hetero) is 1. The largest absolute Gasteiger partial charge is 0.454 e. The third kappa shape index (κ3) is 4.97. The van der Waals surface area contributed by atoms with E-state index >= 15 is 0 Å². The highest BCUT2D eigenvalue weighted by atomic mass is 79.9. The molecule has 2 aliphatic rings. The van der Waals surface area contributed by atoms with Crippen molar-refractivity contribution in [2.45, 2.75) is 44.2 Å². The highest BCUT2D eigenvalue weighted by Crippen LogP contribution is 2.26. The number of imide groups is 1. The van der Waals surface area contributed by atoms with Gasteiger partial charge in [0.15, 0.2) is 12.4 Å². The molecule has 1 unspecified atom stereocenters. The smallest absolute Gasteiger partial charge is 0.338 e. The zero-order valence-corrected chi connectivity index (χ0v) is 19.0. The van der Waals surface area contributed by atoms with Gasteiger partial charge >= 0.3 is 5.97 Å². The van der Waals surface area contributed by atoms with E-state index in [0.29, 0.717) is 11.3 Å². The fourth-order valence-corrected chi connectivity index (χ4v) is 4.35. The van der Waals surface area contributed by atoms with E-state index in [1.807, 2.05) is 0 Å².